The fraction of sp³-hybridized carbons (Fsp3) is 0.741. The Morgan fingerprint density at radius 2 is 1.53 bits per heavy atom. The summed E-state index contributed by atoms with van der Waals surface area (Å²) >= 11 is 0. The molecule has 194 valence electrons. The van der Waals surface area contributed by atoms with Crippen molar-refractivity contribution >= 4 is 12.0 Å². The van der Waals surface area contributed by atoms with Crippen molar-refractivity contribution in [3.8, 4) is 0 Å². The first kappa shape index (κ1) is 29.9. The summed E-state index contributed by atoms with van der Waals surface area (Å²) < 4.78 is 5.32. The summed E-state index contributed by atoms with van der Waals surface area (Å²) in [5.41, 5.74) is 0.309. The molecule has 0 saturated heterocycles. The zero-order valence-electron chi connectivity index (χ0n) is 21.8. The molecule has 0 aliphatic rings. The van der Waals surface area contributed by atoms with Crippen molar-refractivity contribution in [1.29, 1.82) is 0 Å². The van der Waals surface area contributed by atoms with Crippen LogP contribution in [0.15, 0.2) is 24.5 Å². The average Bonchev–Trinajstić information content (AvgIpc) is 2.81. The third-order valence-electron chi connectivity index (χ3n) is 5.90. The number of aliphatic hydroxyl groups excluding tert-OH is 1. The number of unbranched alkanes of at least 4 members (excludes halogenated alkanes) is 9. The van der Waals surface area contributed by atoms with Crippen LogP contribution in [0.5, 0.6) is 0 Å². The molecular weight excluding hydrogens is 430 g/mol. The van der Waals surface area contributed by atoms with Crippen LogP contribution in [0.25, 0.3) is 0 Å². The lowest BCUT2D eigenvalue weighted by molar-refractivity contribution is -0.130. The van der Waals surface area contributed by atoms with Crippen LogP contribution in [0.4, 0.5) is 4.79 Å². The number of nitrogens with one attached hydrogen (secondary N) is 2. The first-order valence-corrected chi connectivity index (χ1v) is 13.0. The van der Waals surface area contributed by atoms with Crippen LogP contribution in [-0.4, -0.2) is 40.8 Å². The summed E-state index contributed by atoms with van der Waals surface area (Å²) in [4.78, 5) is 28.6. The lowest BCUT2D eigenvalue weighted by atomic mass is 9.94. The molecule has 0 aliphatic heterocycles. The molecule has 1 rings (SSSR count). The summed E-state index contributed by atoms with van der Waals surface area (Å²) in [7, 11) is 0. The second-order valence-electron chi connectivity index (χ2n) is 10.2. The van der Waals surface area contributed by atoms with E-state index in [1.807, 2.05) is 32.9 Å². The van der Waals surface area contributed by atoms with Gasteiger partial charge in [-0.15, -0.1) is 0 Å². The Balaban J connectivity index is 2.38. The van der Waals surface area contributed by atoms with Crippen molar-refractivity contribution in [2.75, 3.05) is 6.61 Å². The van der Waals surface area contributed by atoms with Crippen molar-refractivity contribution in [3.05, 3.63) is 30.1 Å². The Labute approximate surface area is 206 Å². The normalized spacial score (nSPS) is 13.2. The largest absolute Gasteiger partial charge is 0.447 e. The first-order valence-electron chi connectivity index (χ1n) is 13.0. The molecule has 0 bridgehead atoms. The van der Waals surface area contributed by atoms with Gasteiger partial charge >= 0.3 is 6.09 Å². The van der Waals surface area contributed by atoms with Gasteiger partial charge in [0.25, 0.3) is 0 Å². The van der Waals surface area contributed by atoms with Gasteiger partial charge < -0.3 is 20.5 Å². The number of carbonyl (C=O) groups is 2. The fourth-order valence-electron chi connectivity index (χ4n) is 3.57. The molecule has 7 heteroatoms. The second-order valence-corrected chi connectivity index (χ2v) is 10.2. The van der Waals surface area contributed by atoms with Crippen LogP contribution < -0.4 is 10.6 Å². The molecule has 0 spiro atoms. The minimum atomic E-state index is -0.770. The SMILES string of the molecule is CCCCCCCCCCCC[C@H](O)[C@H](COC(=O)NCc1ccncc1)NC(=O)C(C)(C)C. The van der Waals surface area contributed by atoms with E-state index in [0.29, 0.717) is 13.0 Å². The molecule has 0 saturated carbocycles. The molecule has 34 heavy (non-hydrogen) atoms. The summed E-state index contributed by atoms with van der Waals surface area (Å²) in [6.07, 6.45) is 14.7. The molecule has 2 amide bonds. The molecule has 1 aromatic rings. The Morgan fingerprint density at radius 1 is 0.971 bits per heavy atom. The van der Waals surface area contributed by atoms with Gasteiger partial charge in [-0.05, 0) is 24.1 Å². The van der Waals surface area contributed by atoms with E-state index < -0.39 is 23.7 Å². The van der Waals surface area contributed by atoms with Crippen LogP contribution >= 0.6 is 0 Å². The summed E-state index contributed by atoms with van der Waals surface area (Å²) in [6, 6.07) is 2.98. The molecule has 2 atom stereocenters. The van der Waals surface area contributed by atoms with E-state index in [2.05, 4.69) is 22.5 Å². The molecule has 1 heterocycles. The molecule has 0 fully saturated rings. The minimum Gasteiger partial charge on any atom is -0.447 e. The number of rotatable bonds is 17. The van der Waals surface area contributed by atoms with Gasteiger partial charge in [0.15, 0.2) is 0 Å². The highest BCUT2D eigenvalue weighted by Gasteiger charge is 2.28. The van der Waals surface area contributed by atoms with Gasteiger partial charge in [-0.1, -0.05) is 91.9 Å². The third-order valence-corrected chi connectivity index (χ3v) is 5.90. The number of alkyl carbamates (subject to hydrolysis) is 1. The molecule has 0 unspecified atom stereocenters. The summed E-state index contributed by atoms with van der Waals surface area (Å²) in [6.45, 7) is 7.92. The van der Waals surface area contributed by atoms with Crippen molar-refractivity contribution in [2.24, 2.45) is 5.41 Å². The van der Waals surface area contributed by atoms with Gasteiger partial charge in [-0.25, -0.2) is 4.79 Å². The first-order chi connectivity index (χ1) is 16.2. The van der Waals surface area contributed by atoms with Crippen LogP contribution in [0.2, 0.25) is 0 Å². The van der Waals surface area contributed by atoms with Crippen LogP contribution in [0, 0.1) is 5.41 Å². The van der Waals surface area contributed by atoms with Gasteiger partial charge in [0, 0.05) is 24.4 Å². The highest BCUT2D eigenvalue weighted by molar-refractivity contribution is 5.81. The van der Waals surface area contributed by atoms with E-state index in [-0.39, 0.29) is 12.5 Å². The molecule has 0 aliphatic carbocycles. The van der Waals surface area contributed by atoms with E-state index in [1.165, 1.54) is 44.9 Å². The zero-order chi connectivity index (χ0) is 25.2. The van der Waals surface area contributed by atoms with E-state index in [4.69, 9.17) is 4.74 Å². The molecule has 0 radical (unpaired) electrons. The second kappa shape index (κ2) is 17.3. The number of nitrogens with zero attached hydrogens (tertiary/aromatic N) is 1. The predicted molar refractivity (Wildman–Crippen MR) is 136 cm³/mol. The van der Waals surface area contributed by atoms with Gasteiger partial charge in [-0.3, -0.25) is 9.78 Å². The summed E-state index contributed by atoms with van der Waals surface area (Å²) in [5, 5.41) is 16.3. The molecule has 1 aromatic heterocycles. The predicted octanol–water partition coefficient (Wildman–Crippen LogP) is 5.51. The number of ether oxygens (including phenoxy) is 1. The number of aliphatic hydroxyl groups is 1. The van der Waals surface area contributed by atoms with E-state index in [0.717, 1.165) is 24.8 Å². The molecule has 7 nitrogen and oxygen atoms in total. The van der Waals surface area contributed by atoms with E-state index in [1.54, 1.807) is 12.4 Å². The van der Waals surface area contributed by atoms with Crippen molar-refractivity contribution in [3.63, 3.8) is 0 Å². The lowest BCUT2D eigenvalue weighted by Crippen LogP contribution is -2.50. The lowest BCUT2D eigenvalue weighted by Gasteiger charge is -2.27. The quantitative estimate of drug-likeness (QED) is 0.257. The highest BCUT2D eigenvalue weighted by atomic mass is 16.5. The van der Waals surface area contributed by atoms with Crippen LogP contribution in [0.3, 0.4) is 0 Å². The van der Waals surface area contributed by atoms with Crippen molar-refractivity contribution in [2.45, 2.75) is 117 Å². The van der Waals surface area contributed by atoms with Gasteiger partial charge in [0.1, 0.15) is 6.61 Å². The summed E-state index contributed by atoms with van der Waals surface area (Å²) in [5.74, 6) is -0.180. The number of carbonyl (C=O) groups excluding carboxylic acids is 2. The maximum Gasteiger partial charge on any atom is 0.407 e. The van der Waals surface area contributed by atoms with Crippen LogP contribution in [0.1, 0.15) is 104 Å². The molecular formula is C27H47N3O4. The fourth-order valence-corrected chi connectivity index (χ4v) is 3.57. The Bertz CT molecular complexity index is 676. The average molecular weight is 478 g/mol. The highest BCUT2D eigenvalue weighted by Crippen LogP contribution is 2.16. The van der Waals surface area contributed by atoms with E-state index >= 15 is 0 Å². The smallest absolute Gasteiger partial charge is 0.407 e. The Kier molecular flexibility index (Phi) is 15.2. The van der Waals surface area contributed by atoms with Crippen LogP contribution in [-0.2, 0) is 16.1 Å². The molecule has 0 aromatic carbocycles. The maximum absolute atomic E-state index is 12.5. The number of aromatic nitrogens is 1. The number of amides is 2. The van der Waals surface area contributed by atoms with Gasteiger partial charge in [-0.2, -0.15) is 0 Å². The Hall–Kier alpha value is -2.15. The number of hydrogen-bond donors (Lipinski definition) is 3. The van der Waals surface area contributed by atoms with E-state index in [9.17, 15) is 14.7 Å². The zero-order valence-corrected chi connectivity index (χ0v) is 21.8. The monoisotopic (exact) mass is 477 g/mol. The number of pyridine rings is 1. The van der Waals surface area contributed by atoms with Gasteiger partial charge in [0.2, 0.25) is 5.91 Å². The van der Waals surface area contributed by atoms with Crippen molar-refractivity contribution in [1.82, 2.24) is 15.6 Å². The maximum atomic E-state index is 12.5. The molecule has 3 N–H and O–H groups in total. The van der Waals surface area contributed by atoms with Crippen molar-refractivity contribution < 1.29 is 19.4 Å². The topological polar surface area (TPSA) is 101 Å². The van der Waals surface area contributed by atoms with Gasteiger partial charge in [0.05, 0.1) is 12.1 Å². The minimum absolute atomic E-state index is 0.0804. The standard InChI is InChI=1S/C27H47N3O4/c1-5-6-7-8-9-10-11-12-13-14-15-24(31)23(30-25(32)27(2,3)4)21-34-26(33)29-20-22-16-18-28-19-17-22/h16-19,23-24,31H,5-15,20-21H2,1-4H3,(H,29,33)(H,30,32)/t23-,24-/m0/s1. The third kappa shape index (κ3) is 14.2. The Morgan fingerprint density at radius 3 is 2.09 bits per heavy atom. The number of hydrogen-bond acceptors (Lipinski definition) is 5.